The van der Waals surface area contributed by atoms with Gasteiger partial charge >= 0.3 is 0 Å². The van der Waals surface area contributed by atoms with E-state index in [1.165, 1.54) is 7.05 Å². The lowest BCUT2D eigenvalue weighted by Crippen LogP contribution is -2.13. The molecule has 0 radical (unpaired) electrons. The van der Waals surface area contributed by atoms with Crippen molar-refractivity contribution in [2.45, 2.75) is 12.4 Å². The van der Waals surface area contributed by atoms with E-state index < -0.39 is 11.8 Å². The summed E-state index contributed by atoms with van der Waals surface area (Å²) >= 11 is 10.3. The number of aromatic nitrogens is 6. The van der Waals surface area contributed by atoms with Gasteiger partial charge in [-0.15, -0.1) is 11.6 Å². The van der Waals surface area contributed by atoms with Crippen molar-refractivity contribution in [3.63, 3.8) is 0 Å². The molecule has 0 aliphatic carbocycles. The number of primary amides is 2. The SMILES string of the molecule is CN.CNCc1ccc2c(c1)c(C(N)=O)nn2-c1cc(I)ccn1.NC(=O)c1nn(-c2cc(I)ccn2)c2ccc(CCl)cc12. The van der Waals surface area contributed by atoms with E-state index in [1.807, 2.05) is 67.7 Å². The number of nitrogens with one attached hydrogen (secondary N) is 1. The van der Waals surface area contributed by atoms with Crippen molar-refractivity contribution in [1.29, 1.82) is 0 Å². The highest BCUT2D eigenvalue weighted by atomic mass is 127. The Labute approximate surface area is 291 Å². The summed E-state index contributed by atoms with van der Waals surface area (Å²) in [7, 11) is 3.37. The molecular weight excluding hydrogens is 822 g/mol. The lowest BCUT2D eigenvalue weighted by molar-refractivity contribution is 0.0988. The number of benzene rings is 2. The monoisotopic (exact) mass is 850 g/mol. The highest BCUT2D eigenvalue weighted by Crippen LogP contribution is 2.25. The van der Waals surface area contributed by atoms with Crippen molar-refractivity contribution in [3.8, 4) is 11.6 Å². The number of halogens is 3. The van der Waals surface area contributed by atoms with Crippen LogP contribution in [0.4, 0.5) is 0 Å². The smallest absolute Gasteiger partial charge is 0.269 e. The Morgan fingerprint density at radius 2 is 1.20 bits per heavy atom. The van der Waals surface area contributed by atoms with E-state index in [4.69, 9.17) is 23.1 Å². The number of hydrogen-bond donors (Lipinski definition) is 4. The maximum absolute atomic E-state index is 11.7. The first-order valence-corrected chi connectivity index (χ1v) is 16.0. The first-order chi connectivity index (χ1) is 21.7. The summed E-state index contributed by atoms with van der Waals surface area (Å²) in [6, 6.07) is 19.0. The number of carbonyl (C=O) groups is 2. The van der Waals surface area contributed by atoms with Gasteiger partial charge in [-0.05, 0) is 119 Å². The molecular formula is C30H29ClI2N10O2. The number of rotatable bonds is 7. The van der Waals surface area contributed by atoms with Crippen LogP contribution in [0.15, 0.2) is 73.1 Å². The average Bonchev–Trinajstić information content (AvgIpc) is 3.61. The molecule has 2 amide bonds. The fraction of sp³-hybridized carbons (Fsp3) is 0.133. The molecule has 15 heteroatoms. The number of carbonyl (C=O) groups excluding carboxylic acids is 2. The standard InChI is InChI=1S/C15H14IN5O.C14H10ClIN4O.CH5N/c1-18-8-9-2-3-12-11(6-9)14(15(17)22)20-21(12)13-7-10(16)4-5-19-13;15-7-8-1-2-11-10(5-8)13(14(17)21)19-20(11)12-6-9(16)3-4-18-12;1-2/h2-7,18H,8H2,1H3,(H2,17,22);1-6H,7H2,(H2,17,21);2H2,1H3. The van der Waals surface area contributed by atoms with E-state index in [-0.39, 0.29) is 11.4 Å². The summed E-state index contributed by atoms with van der Waals surface area (Å²) in [4.78, 5) is 31.9. The third kappa shape index (κ3) is 7.75. The van der Waals surface area contributed by atoms with Crippen molar-refractivity contribution in [2.24, 2.45) is 17.2 Å². The topological polar surface area (TPSA) is 186 Å². The Morgan fingerprint density at radius 3 is 1.60 bits per heavy atom. The van der Waals surface area contributed by atoms with Crippen LogP contribution in [0.1, 0.15) is 32.1 Å². The van der Waals surface area contributed by atoms with Crippen LogP contribution in [0.2, 0.25) is 0 Å². The number of nitrogens with zero attached hydrogens (tertiary/aromatic N) is 6. The van der Waals surface area contributed by atoms with Gasteiger partial charge in [0.15, 0.2) is 23.0 Å². The van der Waals surface area contributed by atoms with Gasteiger partial charge in [0.25, 0.3) is 11.8 Å². The van der Waals surface area contributed by atoms with Gasteiger partial charge in [0.05, 0.1) is 11.0 Å². The van der Waals surface area contributed by atoms with Gasteiger partial charge in [-0.3, -0.25) is 9.59 Å². The van der Waals surface area contributed by atoms with Crippen molar-refractivity contribution in [2.75, 3.05) is 14.1 Å². The van der Waals surface area contributed by atoms with E-state index >= 15 is 0 Å². The summed E-state index contributed by atoms with van der Waals surface area (Å²) in [5.74, 6) is 0.539. The molecule has 6 aromatic rings. The highest BCUT2D eigenvalue weighted by Gasteiger charge is 2.18. The van der Waals surface area contributed by atoms with E-state index in [9.17, 15) is 9.59 Å². The number of pyridine rings is 2. The molecule has 0 atom stereocenters. The first kappa shape index (κ1) is 34.2. The zero-order valence-electron chi connectivity index (χ0n) is 24.2. The minimum Gasteiger partial charge on any atom is -0.364 e. The van der Waals surface area contributed by atoms with Gasteiger partial charge in [0.2, 0.25) is 0 Å². The predicted octanol–water partition coefficient (Wildman–Crippen LogP) is 4.28. The first-order valence-electron chi connectivity index (χ1n) is 13.3. The largest absolute Gasteiger partial charge is 0.364 e. The van der Waals surface area contributed by atoms with Crippen LogP contribution in [-0.4, -0.2) is 55.4 Å². The van der Waals surface area contributed by atoms with Crippen molar-refractivity contribution in [1.82, 2.24) is 34.8 Å². The summed E-state index contributed by atoms with van der Waals surface area (Å²) in [5, 5.41) is 13.2. The van der Waals surface area contributed by atoms with Crippen LogP contribution in [0.3, 0.4) is 0 Å². The predicted molar refractivity (Wildman–Crippen MR) is 193 cm³/mol. The van der Waals surface area contributed by atoms with Crippen LogP contribution < -0.4 is 22.5 Å². The molecule has 0 spiro atoms. The molecule has 0 bridgehead atoms. The second kappa shape index (κ2) is 15.5. The zero-order chi connectivity index (χ0) is 32.7. The molecule has 4 heterocycles. The van der Waals surface area contributed by atoms with Crippen LogP contribution in [0.25, 0.3) is 33.4 Å². The van der Waals surface area contributed by atoms with Crippen molar-refractivity contribution < 1.29 is 9.59 Å². The quantitative estimate of drug-likeness (QED) is 0.136. The average molecular weight is 851 g/mol. The van der Waals surface area contributed by atoms with Gasteiger partial charge in [-0.25, -0.2) is 19.3 Å². The Kier molecular flexibility index (Phi) is 11.8. The molecule has 0 unspecified atom stereocenters. The molecule has 4 aromatic heterocycles. The van der Waals surface area contributed by atoms with Crippen LogP contribution in [-0.2, 0) is 12.4 Å². The molecule has 7 N–H and O–H groups in total. The summed E-state index contributed by atoms with van der Waals surface area (Å²) in [5.41, 5.74) is 19.4. The fourth-order valence-electron chi connectivity index (χ4n) is 4.46. The molecule has 0 saturated heterocycles. The molecule has 2 aromatic carbocycles. The third-order valence-corrected chi connectivity index (χ3v) is 7.99. The van der Waals surface area contributed by atoms with E-state index in [2.05, 4.69) is 76.4 Å². The Hall–Kier alpha value is -3.71. The number of hydrogen-bond acceptors (Lipinski definition) is 8. The maximum Gasteiger partial charge on any atom is 0.269 e. The Bertz CT molecular complexity index is 1990. The van der Waals surface area contributed by atoms with E-state index in [1.54, 1.807) is 21.8 Å². The van der Waals surface area contributed by atoms with Gasteiger partial charge in [0.1, 0.15) is 0 Å². The number of nitrogens with two attached hydrogens (primary N) is 3. The maximum atomic E-state index is 11.7. The summed E-state index contributed by atoms with van der Waals surface area (Å²) in [6.07, 6.45) is 3.41. The lowest BCUT2D eigenvalue weighted by atomic mass is 10.1. The van der Waals surface area contributed by atoms with Crippen molar-refractivity contribution in [3.05, 3.63) is 103 Å². The van der Waals surface area contributed by atoms with Gasteiger partial charge in [-0.2, -0.15) is 10.2 Å². The molecule has 0 aliphatic rings. The van der Waals surface area contributed by atoms with Gasteiger partial charge in [0, 0.05) is 42.7 Å². The summed E-state index contributed by atoms with van der Waals surface area (Å²) < 4.78 is 5.34. The minimum absolute atomic E-state index is 0.220. The van der Waals surface area contributed by atoms with Crippen LogP contribution in [0, 0.1) is 7.14 Å². The Balaban J connectivity index is 0.000000194. The van der Waals surface area contributed by atoms with Gasteiger partial charge < -0.3 is 22.5 Å². The van der Waals surface area contributed by atoms with Gasteiger partial charge in [-0.1, -0.05) is 12.1 Å². The number of alkyl halides is 1. The fourth-order valence-corrected chi connectivity index (χ4v) is 5.50. The molecule has 0 aliphatic heterocycles. The number of fused-ring (bicyclic) bond motifs is 2. The normalized spacial score (nSPS) is 10.6. The molecule has 45 heavy (non-hydrogen) atoms. The van der Waals surface area contributed by atoms with Crippen LogP contribution in [0.5, 0.6) is 0 Å². The second-order valence-corrected chi connectivity index (χ2v) is 12.0. The second-order valence-electron chi connectivity index (χ2n) is 9.28. The third-order valence-electron chi connectivity index (χ3n) is 6.34. The Morgan fingerprint density at radius 1 is 0.756 bits per heavy atom. The zero-order valence-corrected chi connectivity index (χ0v) is 29.3. The molecule has 6 rings (SSSR count). The van der Waals surface area contributed by atoms with Crippen molar-refractivity contribution >= 4 is 90.4 Å². The summed E-state index contributed by atoms with van der Waals surface area (Å²) in [6.45, 7) is 0.709. The van der Waals surface area contributed by atoms with E-state index in [0.717, 1.165) is 34.7 Å². The molecule has 12 nitrogen and oxygen atoms in total. The molecule has 232 valence electrons. The minimum atomic E-state index is -0.573. The number of amides is 2. The van der Waals surface area contributed by atoms with Crippen LogP contribution >= 0.6 is 56.8 Å². The molecule has 0 saturated carbocycles. The van der Waals surface area contributed by atoms with E-state index in [0.29, 0.717) is 29.4 Å². The highest BCUT2D eigenvalue weighted by molar-refractivity contribution is 14.1. The molecule has 0 fully saturated rings. The lowest BCUT2D eigenvalue weighted by Gasteiger charge is -2.04.